The fourth-order valence-electron chi connectivity index (χ4n) is 1.32. The predicted molar refractivity (Wildman–Crippen MR) is 50.6 cm³/mol. The topological polar surface area (TPSA) is 60.8 Å². The molecule has 2 N–H and O–H groups in total. The molecule has 0 aromatic rings. The number of carboxylic acid groups (broad SMARTS) is 1. The third-order valence-electron chi connectivity index (χ3n) is 1.61. The first-order chi connectivity index (χ1) is 5.91. The smallest absolute Gasteiger partial charge is 0.306 e. The van der Waals surface area contributed by atoms with E-state index in [1.165, 1.54) is 0 Å². The molecule has 4 heteroatoms. The molecule has 4 nitrogen and oxygen atoms in total. The van der Waals surface area contributed by atoms with Crippen LogP contribution in [0, 0.1) is 5.92 Å². The summed E-state index contributed by atoms with van der Waals surface area (Å²) >= 11 is 0. The van der Waals surface area contributed by atoms with Crippen molar-refractivity contribution in [2.45, 2.75) is 26.4 Å². The maximum atomic E-state index is 10.2. The minimum atomic E-state index is -0.953. The van der Waals surface area contributed by atoms with Crippen molar-refractivity contribution in [2.24, 2.45) is 5.92 Å². The Morgan fingerprint density at radius 1 is 1.38 bits per heavy atom. The molecular weight excluding hydrogens is 170 g/mol. The summed E-state index contributed by atoms with van der Waals surface area (Å²) in [5, 5.41) is 17.7. The van der Waals surface area contributed by atoms with Crippen LogP contribution in [0.3, 0.4) is 0 Å². The van der Waals surface area contributed by atoms with Gasteiger partial charge in [-0.05, 0) is 13.0 Å². The first-order valence-corrected chi connectivity index (χ1v) is 4.50. The number of carboxylic acids is 1. The number of nitrogens with zero attached hydrogens (tertiary/aromatic N) is 1. The summed E-state index contributed by atoms with van der Waals surface area (Å²) in [6.45, 7) is 5.46. The molecule has 0 fully saturated rings. The first-order valence-electron chi connectivity index (χ1n) is 4.50. The molecule has 0 aliphatic heterocycles. The second kappa shape index (κ2) is 5.94. The highest BCUT2D eigenvalue weighted by Crippen LogP contribution is 1.99. The minimum Gasteiger partial charge on any atom is -0.481 e. The summed E-state index contributed by atoms with van der Waals surface area (Å²) in [6.07, 6.45) is -0.941. The van der Waals surface area contributed by atoms with Crippen molar-refractivity contribution in [1.29, 1.82) is 0 Å². The lowest BCUT2D eigenvalue weighted by atomic mass is 10.2. The summed E-state index contributed by atoms with van der Waals surface area (Å²) in [5.41, 5.74) is 0. The van der Waals surface area contributed by atoms with Crippen LogP contribution in [-0.4, -0.2) is 47.3 Å². The third kappa shape index (κ3) is 7.74. The molecule has 0 bridgehead atoms. The lowest BCUT2D eigenvalue weighted by Crippen LogP contribution is -2.33. The zero-order valence-corrected chi connectivity index (χ0v) is 8.53. The number of aliphatic hydroxyl groups excluding tert-OH is 1. The number of likely N-dealkylation sites (N-methyl/N-ethyl adjacent to an activating group) is 1. The molecule has 0 aromatic carbocycles. The summed E-state index contributed by atoms with van der Waals surface area (Å²) in [6, 6.07) is 0. The van der Waals surface area contributed by atoms with Gasteiger partial charge in [-0.1, -0.05) is 13.8 Å². The number of aliphatic hydroxyl groups is 1. The highest BCUT2D eigenvalue weighted by molar-refractivity contribution is 5.67. The van der Waals surface area contributed by atoms with E-state index in [9.17, 15) is 9.90 Å². The summed E-state index contributed by atoms with van der Waals surface area (Å²) < 4.78 is 0. The standard InChI is InChI=1S/C9H19NO3/c1-7(2)5-10(3)6-8(11)4-9(12)13/h7-8,11H,4-6H2,1-3H3,(H,12,13). The van der Waals surface area contributed by atoms with E-state index in [1.54, 1.807) is 0 Å². The average molecular weight is 189 g/mol. The molecule has 1 unspecified atom stereocenters. The SMILES string of the molecule is CC(C)CN(C)CC(O)CC(=O)O. The molecule has 0 aliphatic rings. The van der Waals surface area contributed by atoms with Crippen LogP contribution in [-0.2, 0) is 4.79 Å². The molecule has 0 rings (SSSR count). The van der Waals surface area contributed by atoms with Gasteiger partial charge in [-0.3, -0.25) is 4.79 Å². The quantitative estimate of drug-likeness (QED) is 0.635. The van der Waals surface area contributed by atoms with Crippen molar-refractivity contribution in [3.8, 4) is 0 Å². The third-order valence-corrected chi connectivity index (χ3v) is 1.61. The van der Waals surface area contributed by atoms with E-state index in [1.807, 2.05) is 11.9 Å². The van der Waals surface area contributed by atoms with Gasteiger partial charge in [0.2, 0.25) is 0 Å². The number of hydrogen-bond acceptors (Lipinski definition) is 3. The van der Waals surface area contributed by atoms with Crippen LogP contribution in [0.15, 0.2) is 0 Å². The maximum Gasteiger partial charge on any atom is 0.306 e. The molecular formula is C9H19NO3. The Labute approximate surface area is 79.2 Å². The monoisotopic (exact) mass is 189 g/mol. The zero-order valence-electron chi connectivity index (χ0n) is 8.53. The second-order valence-corrected chi connectivity index (χ2v) is 3.87. The van der Waals surface area contributed by atoms with Crippen LogP contribution in [0.2, 0.25) is 0 Å². The number of hydrogen-bond donors (Lipinski definition) is 2. The Morgan fingerprint density at radius 3 is 2.31 bits per heavy atom. The van der Waals surface area contributed by atoms with Gasteiger partial charge in [-0.2, -0.15) is 0 Å². The molecule has 0 aromatic heterocycles. The predicted octanol–water partition coefficient (Wildman–Crippen LogP) is 0.410. The summed E-state index contributed by atoms with van der Waals surface area (Å²) in [7, 11) is 1.88. The van der Waals surface area contributed by atoms with Crippen LogP contribution < -0.4 is 0 Å². The largest absolute Gasteiger partial charge is 0.481 e. The van der Waals surface area contributed by atoms with E-state index in [2.05, 4.69) is 13.8 Å². The van der Waals surface area contributed by atoms with E-state index in [-0.39, 0.29) is 6.42 Å². The molecule has 0 radical (unpaired) electrons. The Balaban J connectivity index is 3.64. The van der Waals surface area contributed by atoms with Crippen molar-refractivity contribution in [3.63, 3.8) is 0 Å². The van der Waals surface area contributed by atoms with Gasteiger partial charge in [0.25, 0.3) is 0 Å². The summed E-state index contributed by atoms with van der Waals surface area (Å²) in [5.74, 6) is -0.424. The molecule has 0 saturated carbocycles. The van der Waals surface area contributed by atoms with Crippen LogP contribution in [0.1, 0.15) is 20.3 Å². The molecule has 0 aliphatic carbocycles. The molecule has 0 saturated heterocycles. The second-order valence-electron chi connectivity index (χ2n) is 3.87. The van der Waals surface area contributed by atoms with E-state index < -0.39 is 12.1 Å². The summed E-state index contributed by atoms with van der Waals surface area (Å²) in [4.78, 5) is 12.2. The van der Waals surface area contributed by atoms with E-state index in [0.717, 1.165) is 6.54 Å². The average Bonchev–Trinajstić information content (AvgIpc) is 1.80. The lowest BCUT2D eigenvalue weighted by Gasteiger charge is -2.21. The molecule has 0 heterocycles. The van der Waals surface area contributed by atoms with E-state index >= 15 is 0 Å². The zero-order chi connectivity index (χ0) is 10.4. The van der Waals surface area contributed by atoms with Crippen LogP contribution >= 0.6 is 0 Å². The van der Waals surface area contributed by atoms with Crippen LogP contribution in [0.5, 0.6) is 0 Å². The first kappa shape index (κ1) is 12.4. The Hall–Kier alpha value is -0.610. The van der Waals surface area contributed by atoms with Crippen LogP contribution in [0.25, 0.3) is 0 Å². The molecule has 1 atom stereocenters. The van der Waals surface area contributed by atoms with Gasteiger partial charge < -0.3 is 15.1 Å². The molecule has 13 heavy (non-hydrogen) atoms. The van der Waals surface area contributed by atoms with E-state index in [0.29, 0.717) is 12.5 Å². The highest BCUT2D eigenvalue weighted by atomic mass is 16.4. The Bertz CT molecular complexity index is 159. The number of rotatable bonds is 6. The highest BCUT2D eigenvalue weighted by Gasteiger charge is 2.12. The fraction of sp³-hybridized carbons (Fsp3) is 0.889. The van der Waals surface area contributed by atoms with E-state index in [4.69, 9.17) is 5.11 Å². The lowest BCUT2D eigenvalue weighted by molar-refractivity contribution is -0.139. The van der Waals surface area contributed by atoms with Gasteiger partial charge in [-0.15, -0.1) is 0 Å². The van der Waals surface area contributed by atoms with Gasteiger partial charge in [0.15, 0.2) is 0 Å². The van der Waals surface area contributed by atoms with Crippen molar-refractivity contribution < 1.29 is 15.0 Å². The number of carbonyl (C=O) groups is 1. The fourth-order valence-corrected chi connectivity index (χ4v) is 1.32. The molecule has 0 spiro atoms. The minimum absolute atomic E-state index is 0.178. The van der Waals surface area contributed by atoms with Gasteiger partial charge in [0, 0.05) is 13.1 Å². The van der Waals surface area contributed by atoms with Gasteiger partial charge in [0.05, 0.1) is 12.5 Å². The Morgan fingerprint density at radius 2 is 1.92 bits per heavy atom. The maximum absolute atomic E-state index is 10.2. The van der Waals surface area contributed by atoms with Gasteiger partial charge in [-0.25, -0.2) is 0 Å². The molecule has 0 amide bonds. The van der Waals surface area contributed by atoms with Crippen molar-refractivity contribution in [2.75, 3.05) is 20.1 Å². The van der Waals surface area contributed by atoms with Crippen LogP contribution in [0.4, 0.5) is 0 Å². The Kier molecular flexibility index (Phi) is 5.66. The van der Waals surface area contributed by atoms with Crippen molar-refractivity contribution in [1.82, 2.24) is 4.90 Å². The number of aliphatic carboxylic acids is 1. The molecule has 78 valence electrons. The van der Waals surface area contributed by atoms with Gasteiger partial charge >= 0.3 is 5.97 Å². The van der Waals surface area contributed by atoms with Crippen molar-refractivity contribution >= 4 is 5.97 Å². The van der Waals surface area contributed by atoms with Crippen molar-refractivity contribution in [3.05, 3.63) is 0 Å². The normalized spacial score (nSPS) is 13.7. The van der Waals surface area contributed by atoms with Gasteiger partial charge in [0.1, 0.15) is 0 Å².